The third-order valence-electron chi connectivity index (χ3n) is 7.72. The fourth-order valence-electron chi connectivity index (χ4n) is 5.42. The van der Waals surface area contributed by atoms with E-state index in [-0.39, 0.29) is 23.9 Å². The summed E-state index contributed by atoms with van der Waals surface area (Å²) >= 11 is 1.34. The van der Waals surface area contributed by atoms with Crippen LogP contribution in [0.15, 0.2) is 41.4 Å². The van der Waals surface area contributed by atoms with E-state index in [2.05, 4.69) is 44.4 Å². The van der Waals surface area contributed by atoms with Gasteiger partial charge in [-0.3, -0.25) is 24.2 Å². The zero-order valence-electron chi connectivity index (χ0n) is 23.5. The number of likely N-dealkylation sites (tertiary alicyclic amines) is 1. The Bertz CT molecular complexity index is 1800. The Labute approximate surface area is 244 Å². The van der Waals surface area contributed by atoms with Gasteiger partial charge in [-0.15, -0.1) is 11.3 Å². The molecule has 1 saturated heterocycles. The molecule has 0 aliphatic carbocycles. The van der Waals surface area contributed by atoms with Gasteiger partial charge in [-0.05, 0) is 51.4 Å². The topological polar surface area (TPSA) is 170 Å². The van der Waals surface area contributed by atoms with E-state index < -0.39 is 5.91 Å². The van der Waals surface area contributed by atoms with Gasteiger partial charge in [0.25, 0.3) is 17.7 Å². The van der Waals surface area contributed by atoms with Crippen LogP contribution in [0, 0.1) is 6.92 Å². The zero-order chi connectivity index (χ0) is 29.6. The molecule has 6 heterocycles. The number of amides is 2. The van der Waals surface area contributed by atoms with Crippen molar-refractivity contribution in [2.45, 2.75) is 45.7 Å². The van der Waals surface area contributed by atoms with Crippen LogP contribution >= 0.6 is 11.3 Å². The van der Waals surface area contributed by atoms with Crippen LogP contribution in [0.2, 0.25) is 0 Å². The lowest BCUT2D eigenvalue weighted by Crippen LogP contribution is -2.43. The molecule has 1 fully saturated rings. The number of aryl methyl sites for hydroxylation is 1. The molecule has 0 atom stereocenters. The summed E-state index contributed by atoms with van der Waals surface area (Å²) in [6.07, 6.45) is 8.83. The molecule has 2 amide bonds. The number of aromatic hydroxyl groups is 1. The molecule has 218 valence electrons. The van der Waals surface area contributed by atoms with Crippen molar-refractivity contribution >= 4 is 28.0 Å². The summed E-state index contributed by atoms with van der Waals surface area (Å²) in [5.41, 5.74) is 9.30. The summed E-state index contributed by atoms with van der Waals surface area (Å²) in [7, 11) is 0. The van der Waals surface area contributed by atoms with E-state index >= 15 is 0 Å². The number of carbonyl (C=O) groups is 2. The van der Waals surface area contributed by atoms with E-state index in [4.69, 9.17) is 10.3 Å². The summed E-state index contributed by atoms with van der Waals surface area (Å²) in [5, 5.41) is 24.9. The molecule has 4 N–H and O–H groups in total. The van der Waals surface area contributed by atoms with Crippen LogP contribution in [-0.2, 0) is 6.54 Å². The van der Waals surface area contributed by atoms with Crippen LogP contribution in [0.5, 0.6) is 5.88 Å². The number of nitrogens with two attached hydrogens (primary N) is 1. The minimum absolute atomic E-state index is 0.141. The molecule has 0 aromatic carbocycles. The molecule has 0 spiro atoms. The van der Waals surface area contributed by atoms with Crippen molar-refractivity contribution in [3.63, 3.8) is 0 Å². The van der Waals surface area contributed by atoms with Gasteiger partial charge >= 0.3 is 0 Å². The SMILES string of the molecule is Cc1ncc(C(=O)NCCN2CCCC2(C)C)cc1-c1c(-c2cnn(Cc3cc(O)no3)c2)sc2c(C(N)=O)cnn12. The summed E-state index contributed by atoms with van der Waals surface area (Å²) in [6, 6.07) is 3.22. The first-order valence-corrected chi connectivity index (χ1v) is 14.4. The largest absolute Gasteiger partial charge is 0.491 e. The Morgan fingerprint density at radius 2 is 2.05 bits per heavy atom. The minimum Gasteiger partial charge on any atom is -0.491 e. The van der Waals surface area contributed by atoms with E-state index in [0.29, 0.717) is 45.2 Å². The van der Waals surface area contributed by atoms with Gasteiger partial charge < -0.3 is 20.7 Å². The van der Waals surface area contributed by atoms with Crippen LogP contribution in [0.25, 0.3) is 26.5 Å². The standard InChI is InChI=1S/C28H31N9O4S/c1-16-20(9-17(11-31-16)26(40)30-6-8-35-7-4-5-28(35,2)3)23-24(42-27-21(25(29)39)13-33-37(23)27)18-12-32-36(14-18)15-19-10-22(38)34-41-19/h9-14H,4-8,15H2,1-3H3,(H2,29,39)(H,30,40)(H,34,38). The normalized spacial score (nSPS) is 15.0. The van der Waals surface area contributed by atoms with Crippen LogP contribution in [-0.4, -0.2) is 76.5 Å². The number of hydrogen-bond donors (Lipinski definition) is 3. The molecule has 14 heteroatoms. The van der Waals surface area contributed by atoms with Gasteiger partial charge in [0.05, 0.1) is 34.1 Å². The molecular weight excluding hydrogens is 558 g/mol. The molecule has 13 nitrogen and oxygen atoms in total. The van der Waals surface area contributed by atoms with Gasteiger partial charge in [-0.2, -0.15) is 10.2 Å². The number of pyridine rings is 1. The van der Waals surface area contributed by atoms with Crippen LogP contribution in [0.4, 0.5) is 0 Å². The van der Waals surface area contributed by atoms with Crippen LogP contribution in [0.3, 0.4) is 0 Å². The fourth-order valence-corrected chi connectivity index (χ4v) is 6.62. The number of aromatic nitrogens is 6. The third kappa shape index (κ3) is 5.14. The maximum absolute atomic E-state index is 13.2. The van der Waals surface area contributed by atoms with Crippen LogP contribution in [0.1, 0.15) is 58.9 Å². The number of fused-ring (bicyclic) bond motifs is 1. The van der Waals surface area contributed by atoms with Gasteiger partial charge in [-0.25, -0.2) is 4.52 Å². The number of primary amides is 1. The highest BCUT2D eigenvalue weighted by molar-refractivity contribution is 7.21. The highest BCUT2D eigenvalue weighted by Gasteiger charge is 2.31. The van der Waals surface area contributed by atoms with E-state index in [0.717, 1.165) is 36.4 Å². The summed E-state index contributed by atoms with van der Waals surface area (Å²) in [5.74, 6) is -0.569. The molecule has 5 aromatic rings. The number of hydrogen-bond acceptors (Lipinski definition) is 10. The van der Waals surface area contributed by atoms with Gasteiger partial charge in [0, 0.05) is 53.9 Å². The van der Waals surface area contributed by atoms with Crippen LogP contribution < -0.4 is 11.1 Å². The van der Waals surface area contributed by atoms with Crippen molar-refractivity contribution in [1.82, 2.24) is 39.8 Å². The predicted octanol–water partition coefficient (Wildman–Crippen LogP) is 3.07. The molecule has 0 radical (unpaired) electrons. The molecule has 0 unspecified atom stereocenters. The van der Waals surface area contributed by atoms with Crippen molar-refractivity contribution < 1.29 is 19.2 Å². The molecule has 6 rings (SSSR count). The summed E-state index contributed by atoms with van der Waals surface area (Å²) < 4.78 is 8.41. The van der Waals surface area contributed by atoms with Crippen molar-refractivity contribution in [3.05, 3.63) is 59.5 Å². The molecule has 1 aliphatic rings. The monoisotopic (exact) mass is 589 g/mol. The minimum atomic E-state index is -0.589. The second kappa shape index (κ2) is 10.7. The first kappa shape index (κ1) is 27.6. The maximum Gasteiger partial charge on any atom is 0.253 e. The Balaban J connectivity index is 1.34. The van der Waals surface area contributed by atoms with E-state index in [1.165, 1.54) is 23.6 Å². The summed E-state index contributed by atoms with van der Waals surface area (Å²) in [6.45, 7) is 8.92. The lowest BCUT2D eigenvalue weighted by atomic mass is 10.0. The van der Waals surface area contributed by atoms with Gasteiger partial charge in [0.2, 0.25) is 0 Å². The number of thiazole rings is 1. The number of nitrogens with zero attached hydrogens (tertiary/aromatic N) is 7. The van der Waals surface area contributed by atoms with E-state index in [1.54, 1.807) is 27.7 Å². The molecule has 0 bridgehead atoms. The molecule has 1 aliphatic heterocycles. The number of rotatable bonds is 9. The summed E-state index contributed by atoms with van der Waals surface area (Å²) in [4.78, 5) is 33.7. The molecular formula is C28H31N9O4S. The molecule has 5 aromatic heterocycles. The Hall–Kier alpha value is -4.56. The first-order valence-electron chi connectivity index (χ1n) is 13.6. The lowest BCUT2D eigenvalue weighted by molar-refractivity contribution is 0.0939. The lowest BCUT2D eigenvalue weighted by Gasteiger charge is -2.31. The van der Waals surface area contributed by atoms with Gasteiger partial charge in [-0.1, -0.05) is 0 Å². The van der Waals surface area contributed by atoms with Crippen molar-refractivity contribution in [2.75, 3.05) is 19.6 Å². The average Bonchev–Trinajstić information content (AvgIpc) is 3.75. The average molecular weight is 590 g/mol. The molecule has 42 heavy (non-hydrogen) atoms. The highest BCUT2D eigenvalue weighted by Crippen LogP contribution is 2.41. The Morgan fingerprint density at radius 3 is 2.76 bits per heavy atom. The first-order chi connectivity index (χ1) is 20.1. The van der Waals surface area contributed by atoms with Gasteiger partial charge in [0.1, 0.15) is 11.4 Å². The smallest absolute Gasteiger partial charge is 0.253 e. The molecule has 0 saturated carbocycles. The van der Waals surface area contributed by atoms with Crippen molar-refractivity contribution in [2.24, 2.45) is 5.73 Å². The van der Waals surface area contributed by atoms with Crippen molar-refractivity contribution in [1.29, 1.82) is 0 Å². The maximum atomic E-state index is 13.2. The number of nitrogens with one attached hydrogen (secondary N) is 1. The Kier molecular flexibility index (Phi) is 7.02. The second-order valence-electron chi connectivity index (χ2n) is 11.0. The Morgan fingerprint density at radius 1 is 1.21 bits per heavy atom. The number of carbonyl (C=O) groups excluding carboxylic acids is 2. The van der Waals surface area contributed by atoms with E-state index in [1.807, 2.05) is 13.1 Å². The third-order valence-corrected chi connectivity index (χ3v) is 8.94. The van der Waals surface area contributed by atoms with Crippen molar-refractivity contribution in [3.8, 4) is 27.6 Å². The fraction of sp³-hybridized carbons (Fsp3) is 0.357. The second-order valence-corrected chi connectivity index (χ2v) is 12.0. The predicted molar refractivity (Wildman–Crippen MR) is 155 cm³/mol. The van der Waals surface area contributed by atoms with E-state index in [9.17, 15) is 14.7 Å². The van der Waals surface area contributed by atoms with Gasteiger partial charge in [0.15, 0.2) is 5.76 Å². The quantitative estimate of drug-likeness (QED) is 0.234. The highest BCUT2D eigenvalue weighted by atomic mass is 32.1. The zero-order valence-corrected chi connectivity index (χ0v) is 24.3.